The van der Waals surface area contributed by atoms with E-state index in [0.29, 0.717) is 5.89 Å². The van der Waals surface area contributed by atoms with E-state index in [9.17, 15) is 4.79 Å². The van der Waals surface area contributed by atoms with E-state index in [1.165, 1.54) is 0 Å². The Morgan fingerprint density at radius 1 is 1.50 bits per heavy atom. The lowest BCUT2D eigenvalue weighted by atomic mass is 10.5. The first-order valence-electron chi connectivity index (χ1n) is 3.66. The first-order chi connectivity index (χ1) is 6.66. The quantitative estimate of drug-likeness (QED) is 0.753. The second kappa shape index (κ2) is 2.95. The summed E-state index contributed by atoms with van der Waals surface area (Å²) in [5.74, 6) is -0.649. The Hall–Kier alpha value is -2.18. The number of aromatic carboxylic acids is 1. The maximum Gasteiger partial charge on any atom is 0.357 e. The fourth-order valence-corrected chi connectivity index (χ4v) is 0.861. The Balaban J connectivity index is 2.38. The highest BCUT2D eigenvalue weighted by Crippen LogP contribution is 2.14. The van der Waals surface area contributed by atoms with Gasteiger partial charge in [0, 0.05) is 6.92 Å². The predicted octanol–water partition coefficient (Wildman–Crippen LogP) is 0.731. The summed E-state index contributed by atoms with van der Waals surface area (Å²) in [6.45, 7) is 1.61. The number of oxazole rings is 1. The molecule has 2 aromatic heterocycles. The molecule has 2 rings (SSSR count). The number of rotatable bonds is 2. The third-order valence-corrected chi connectivity index (χ3v) is 1.44. The smallest absolute Gasteiger partial charge is 0.357 e. The maximum absolute atomic E-state index is 10.5. The number of aromatic nitrogens is 3. The van der Waals surface area contributed by atoms with E-state index >= 15 is 0 Å². The summed E-state index contributed by atoms with van der Waals surface area (Å²) in [7, 11) is 0. The lowest BCUT2D eigenvalue weighted by Crippen LogP contribution is -1.95. The van der Waals surface area contributed by atoms with Crippen LogP contribution in [0.5, 0.6) is 0 Å². The van der Waals surface area contributed by atoms with Gasteiger partial charge < -0.3 is 14.0 Å². The van der Waals surface area contributed by atoms with Gasteiger partial charge in [0.2, 0.25) is 5.89 Å². The summed E-state index contributed by atoms with van der Waals surface area (Å²) in [5, 5.41) is 12.1. The highest BCUT2D eigenvalue weighted by molar-refractivity contribution is 5.85. The Morgan fingerprint density at radius 3 is 2.79 bits per heavy atom. The van der Waals surface area contributed by atoms with Crippen molar-refractivity contribution >= 4 is 5.97 Å². The largest absolute Gasteiger partial charge is 0.476 e. The van der Waals surface area contributed by atoms with Crippen LogP contribution in [0.4, 0.5) is 0 Å². The third-order valence-electron chi connectivity index (χ3n) is 1.44. The minimum Gasteiger partial charge on any atom is -0.476 e. The molecule has 14 heavy (non-hydrogen) atoms. The van der Waals surface area contributed by atoms with Crippen LogP contribution in [0.25, 0.3) is 11.7 Å². The molecule has 0 saturated carbocycles. The van der Waals surface area contributed by atoms with Crippen molar-refractivity contribution in [3.05, 3.63) is 17.8 Å². The minimum absolute atomic E-state index is 0.0271. The third kappa shape index (κ3) is 1.35. The number of carbonyl (C=O) groups is 1. The van der Waals surface area contributed by atoms with Gasteiger partial charge >= 0.3 is 5.97 Å². The van der Waals surface area contributed by atoms with Crippen LogP contribution in [0.3, 0.4) is 0 Å². The van der Waals surface area contributed by atoms with Crippen molar-refractivity contribution in [2.75, 3.05) is 0 Å². The van der Waals surface area contributed by atoms with Crippen LogP contribution in [0.2, 0.25) is 0 Å². The normalized spacial score (nSPS) is 10.4. The Kier molecular flexibility index (Phi) is 1.77. The zero-order valence-electron chi connectivity index (χ0n) is 7.09. The van der Waals surface area contributed by atoms with Gasteiger partial charge in [-0.25, -0.2) is 4.79 Å². The molecule has 2 heterocycles. The van der Waals surface area contributed by atoms with Crippen molar-refractivity contribution in [2.24, 2.45) is 0 Å². The minimum atomic E-state index is -1.17. The zero-order chi connectivity index (χ0) is 10.1. The van der Waals surface area contributed by atoms with E-state index in [2.05, 4.69) is 19.6 Å². The summed E-state index contributed by atoms with van der Waals surface area (Å²) in [5.41, 5.74) is -0.192. The number of hydrogen-bond donors (Lipinski definition) is 1. The number of carboxylic acid groups (broad SMARTS) is 1. The van der Waals surface area contributed by atoms with E-state index < -0.39 is 5.97 Å². The maximum atomic E-state index is 10.5. The average molecular weight is 195 g/mol. The van der Waals surface area contributed by atoms with Crippen LogP contribution in [0.15, 0.2) is 15.2 Å². The van der Waals surface area contributed by atoms with Gasteiger partial charge in [-0.05, 0) is 0 Å². The van der Waals surface area contributed by atoms with Crippen LogP contribution >= 0.6 is 0 Å². The number of aryl methyl sites for hydroxylation is 1. The second-order valence-corrected chi connectivity index (χ2v) is 2.48. The van der Waals surface area contributed by atoms with Gasteiger partial charge in [-0.2, -0.15) is 9.97 Å². The molecule has 0 saturated heterocycles. The van der Waals surface area contributed by atoms with E-state index in [1.54, 1.807) is 6.92 Å². The molecule has 7 heteroatoms. The molecule has 0 bridgehead atoms. The molecular weight excluding hydrogens is 190 g/mol. The monoisotopic (exact) mass is 195 g/mol. The van der Waals surface area contributed by atoms with Crippen molar-refractivity contribution in [3.8, 4) is 11.7 Å². The highest BCUT2D eigenvalue weighted by atomic mass is 16.5. The van der Waals surface area contributed by atoms with Crippen molar-refractivity contribution in [1.82, 2.24) is 15.1 Å². The van der Waals surface area contributed by atoms with E-state index in [0.717, 1.165) is 6.26 Å². The summed E-state index contributed by atoms with van der Waals surface area (Å²) in [6, 6.07) is 0. The summed E-state index contributed by atoms with van der Waals surface area (Å²) in [4.78, 5) is 17.9. The fourth-order valence-electron chi connectivity index (χ4n) is 0.861. The molecule has 0 atom stereocenters. The molecule has 0 aliphatic rings. The summed E-state index contributed by atoms with van der Waals surface area (Å²) in [6.07, 6.45) is 1.02. The van der Waals surface area contributed by atoms with Gasteiger partial charge in [0.15, 0.2) is 5.69 Å². The fraction of sp³-hybridized carbons (Fsp3) is 0.143. The molecule has 0 aliphatic carbocycles. The van der Waals surface area contributed by atoms with Gasteiger partial charge in [0.05, 0.1) is 0 Å². The number of hydrogen-bond acceptors (Lipinski definition) is 6. The SMILES string of the molecule is Cc1nc(-c2nc(C(=O)O)co2)no1. The molecule has 0 aliphatic heterocycles. The molecule has 0 spiro atoms. The van der Waals surface area contributed by atoms with Crippen molar-refractivity contribution in [2.45, 2.75) is 6.92 Å². The number of carboxylic acids is 1. The zero-order valence-corrected chi connectivity index (χ0v) is 7.09. The molecule has 0 amide bonds. The average Bonchev–Trinajstić information content (AvgIpc) is 2.70. The topological polar surface area (TPSA) is 102 Å². The molecule has 2 aromatic rings. The van der Waals surface area contributed by atoms with Gasteiger partial charge in [-0.15, -0.1) is 0 Å². The molecule has 0 fully saturated rings. The van der Waals surface area contributed by atoms with Crippen LogP contribution < -0.4 is 0 Å². The molecule has 72 valence electrons. The Morgan fingerprint density at radius 2 is 2.29 bits per heavy atom. The van der Waals surface area contributed by atoms with Crippen molar-refractivity contribution in [1.29, 1.82) is 0 Å². The van der Waals surface area contributed by atoms with E-state index in [4.69, 9.17) is 9.52 Å². The number of nitrogens with zero attached hydrogens (tertiary/aromatic N) is 3. The highest BCUT2D eigenvalue weighted by Gasteiger charge is 2.15. The van der Waals surface area contributed by atoms with Gasteiger partial charge in [-0.3, -0.25) is 0 Å². The molecular formula is C7H5N3O4. The predicted molar refractivity (Wildman–Crippen MR) is 41.5 cm³/mol. The second-order valence-electron chi connectivity index (χ2n) is 2.48. The van der Waals surface area contributed by atoms with Crippen LogP contribution in [0.1, 0.15) is 16.4 Å². The molecule has 0 aromatic carbocycles. The van der Waals surface area contributed by atoms with Crippen molar-refractivity contribution in [3.63, 3.8) is 0 Å². The molecule has 0 unspecified atom stereocenters. The van der Waals surface area contributed by atoms with Gasteiger partial charge in [0.1, 0.15) is 6.26 Å². The lowest BCUT2D eigenvalue weighted by Gasteiger charge is -1.80. The first-order valence-corrected chi connectivity index (χ1v) is 3.66. The van der Waals surface area contributed by atoms with Gasteiger partial charge in [0.25, 0.3) is 11.7 Å². The first kappa shape index (κ1) is 8.42. The van der Waals surface area contributed by atoms with Crippen LogP contribution in [-0.2, 0) is 0 Å². The standard InChI is InChI=1S/C7H5N3O4/c1-3-8-5(10-14-3)6-9-4(2-13-6)7(11)12/h2H,1H3,(H,11,12). The lowest BCUT2D eigenvalue weighted by molar-refractivity contribution is 0.0690. The molecule has 0 radical (unpaired) electrons. The van der Waals surface area contributed by atoms with Crippen LogP contribution in [-0.4, -0.2) is 26.2 Å². The molecule has 1 N–H and O–H groups in total. The molecule has 7 nitrogen and oxygen atoms in total. The summed E-state index contributed by atoms with van der Waals surface area (Å²) < 4.78 is 9.53. The van der Waals surface area contributed by atoms with Crippen molar-refractivity contribution < 1.29 is 18.8 Å². The summed E-state index contributed by atoms with van der Waals surface area (Å²) >= 11 is 0. The van der Waals surface area contributed by atoms with E-state index in [1.807, 2.05) is 0 Å². The Bertz CT molecular complexity index is 473. The van der Waals surface area contributed by atoms with Crippen LogP contribution in [0, 0.1) is 6.92 Å². The van der Waals surface area contributed by atoms with E-state index in [-0.39, 0.29) is 17.4 Å². The van der Waals surface area contributed by atoms with Gasteiger partial charge in [-0.1, -0.05) is 5.16 Å². The Labute approximate surface area is 77.4 Å².